The first-order valence-electron chi connectivity index (χ1n) is 10.0. The molecule has 0 radical (unpaired) electrons. The summed E-state index contributed by atoms with van der Waals surface area (Å²) in [5.74, 6) is -0.141. The fourth-order valence-electron chi connectivity index (χ4n) is 3.53. The van der Waals surface area contributed by atoms with E-state index in [0.717, 1.165) is 23.5 Å². The topological polar surface area (TPSA) is 69.3 Å². The number of H-pyrrole nitrogens is 1. The molecule has 2 heterocycles. The molecule has 1 N–H and O–H groups in total. The Bertz CT molecular complexity index is 1120. The molecule has 0 aliphatic carbocycles. The van der Waals surface area contributed by atoms with Gasteiger partial charge >= 0.3 is 0 Å². The third-order valence-corrected chi connectivity index (χ3v) is 6.15. The first-order valence-corrected chi connectivity index (χ1v) is 11.0. The quantitative estimate of drug-likeness (QED) is 0.473. The van der Waals surface area contributed by atoms with E-state index in [1.165, 1.54) is 23.9 Å². The molecule has 0 saturated carbocycles. The summed E-state index contributed by atoms with van der Waals surface area (Å²) in [7, 11) is 1.73. The number of aromatic amines is 1. The number of fused-ring (bicyclic) bond motifs is 1. The summed E-state index contributed by atoms with van der Waals surface area (Å²) in [6, 6.07) is 15.8. The van der Waals surface area contributed by atoms with Gasteiger partial charge < -0.3 is 9.88 Å². The van der Waals surface area contributed by atoms with Gasteiger partial charge in [0.05, 0.1) is 17.0 Å². The van der Waals surface area contributed by atoms with E-state index in [0.29, 0.717) is 30.2 Å². The highest BCUT2D eigenvalue weighted by atomic mass is 32.2. The molecular formula is C23H23FN4O2S. The minimum atomic E-state index is -0.258. The number of hydrogen-bond donors (Lipinski definition) is 1. The van der Waals surface area contributed by atoms with Crippen molar-refractivity contribution < 1.29 is 9.18 Å². The highest BCUT2D eigenvalue weighted by Crippen LogP contribution is 2.20. The SMILES string of the molecule is CN(C(=O)CSc1nc2c(c(=O)[nH]1)CN(Cc1ccc(F)cc1)CC2)c1ccccc1. The molecular weight excluding hydrogens is 415 g/mol. The van der Waals surface area contributed by atoms with Crippen LogP contribution in [0.25, 0.3) is 0 Å². The van der Waals surface area contributed by atoms with Crippen LogP contribution in [0.3, 0.4) is 0 Å². The number of rotatable bonds is 6. The number of anilines is 1. The number of para-hydroxylation sites is 1. The standard InChI is InChI=1S/C23H23FN4O2S/c1-27(18-5-3-2-4-6-18)21(29)15-31-23-25-20-11-12-28(14-19(20)22(30)26-23)13-16-7-9-17(24)10-8-16/h2-10H,11-15H2,1H3,(H,25,26,30). The third-order valence-electron chi connectivity index (χ3n) is 5.30. The minimum Gasteiger partial charge on any atom is -0.315 e. The van der Waals surface area contributed by atoms with Crippen molar-refractivity contribution in [3.63, 3.8) is 0 Å². The molecule has 0 atom stereocenters. The van der Waals surface area contributed by atoms with Gasteiger partial charge in [-0.25, -0.2) is 9.37 Å². The lowest BCUT2D eigenvalue weighted by Gasteiger charge is -2.27. The van der Waals surface area contributed by atoms with Crippen molar-refractivity contribution in [3.05, 3.63) is 87.6 Å². The average Bonchev–Trinajstić information content (AvgIpc) is 2.79. The normalized spacial score (nSPS) is 13.6. The lowest BCUT2D eigenvalue weighted by molar-refractivity contribution is -0.115. The molecule has 1 aromatic heterocycles. The van der Waals surface area contributed by atoms with Crippen LogP contribution in [0.5, 0.6) is 0 Å². The summed E-state index contributed by atoms with van der Waals surface area (Å²) in [6.07, 6.45) is 0.659. The summed E-state index contributed by atoms with van der Waals surface area (Å²) in [5, 5.41) is 0.463. The molecule has 0 spiro atoms. The lowest BCUT2D eigenvalue weighted by Crippen LogP contribution is -2.35. The van der Waals surface area contributed by atoms with Crippen LogP contribution in [-0.2, 0) is 24.3 Å². The maximum absolute atomic E-state index is 13.1. The number of nitrogens with one attached hydrogen (secondary N) is 1. The van der Waals surface area contributed by atoms with Gasteiger partial charge in [0.1, 0.15) is 5.82 Å². The van der Waals surface area contributed by atoms with E-state index in [9.17, 15) is 14.0 Å². The van der Waals surface area contributed by atoms with E-state index in [4.69, 9.17) is 0 Å². The fourth-order valence-corrected chi connectivity index (χ4v) is 4.33. The van der Waals surface area contributed by atoms with Crippen LogP contribution in [0.4, 0.5) is 10.1 Å². The summed E-state index contributed by atoms with van der Waals surface area (Å²) in [4.78, 5) is 36.3. The van der Waals surface area contributed by atoms with Gasteiger partial charge in [-0.05, 0) is 29.8 Å². The predicted molar refractivity (Wildman–Crippen MR) is 120 cm³/mol. The van der Waals surface area contributed by atoms with Crippen molar-refractivity contribution in [2.75, 3.05) is 24.2 Å². The van der Waals surface area contributed by atoms with E-state index >= 15 is 0 Å². The van der Waals surface area contributed by atoms with Crippen LogP contribution in [0.15, 0.2) is 64.5 Å². The summed E-state index contributed by atoms with van der Waals surface area (Å²) < 4.78 is 13.1. The second kappa shape index (κ2) is 9.45. The molecule has 4 rings (SSSR count). The number of aromatic nitrogens is 2. The molecule has 160 valence electrons. The average molecular weight is 439 g/mol. The number of benzene rings is 2. The molecule has 2 aromatic carbocycles. The van der Waals surface area contributed by atoms with Crippen molar-refractivity contribution in [1.82, 2.24) is 14.9 Å². The van der Waals surface area contributed by atoms with Crippen LogP contribution < -0.4 is 10.5 Å². The van der Waals surface area contributed by atoms with Crippen LogP contribution in [0, 0.1) is 5.82 Å². The number of nitrogens with zero attached hydrogens (tertiary/aromatic N) is 3. The molecule has 0 fully saturated rings. The van der Waals surface area contributed by atoms with Crippen molar-refractivity contribution in [2.24, 2.45) is 0 Å². The predicted octanol–water partition coefficient (Wildman–Crippen LogP) is 3.22. The first kappa shape index (κ1) is 21.3. The Kier molecular flexibility index (Phi) is 6.48. The smallest absolute Gasteiger partial charge is 0.256 e. The Morgan fingerprint density at radius 3 is 2.68 bits per heavy atom. The maximum Gasteiger partial charge on any atom is 0.256 e. The van der Waals surface area contributed by atoms with E-state index in [2.05, 4.69) is 14.9 Å². The number of amides is 1. The zero-order valence-corrected chi connectivity index (χ0v) is 18.0. The summed E-state index contributed by atoms with van der Waals surface area (Å²) >= 11 is 1.24. The Morgan fingerprint density at radius 2 is 1.94 bits per heavy atom. The molecule has 31 heavy (non-hydrogen) atoms. The molecule has 3 aromatic rings. The number of carbonyl (C=O) groups is 1. The summed E-state index contributed by atoms with van der Waals surface area (Å²) in [5.41, 5.74) is 3.10. The van der Waals surface area contributed by atoms with Crippen LogP contribution in [0.1, 0.15) is 16.8 Å². The van der Waals surface area contributed by atoms with Crippen molar-refractivity contribution in [2.45, 2.75) is 24.7 Å². The highest BCUT2D eigenvalue weighted by Gasteiger charge is 2.22. The van der Waals surface area contributed by atoms with Gasteiger partial charge in [0.25, 0.3) is 5.56 Å². The van der Waals surface area contributed by atoms with E-state index in [1.807, 2.05) is 30.3 Å². The van der Waals surface area contributed by atoms with E-state index in [1.54, 1.807) is 24.1 Å². The number of halogens is 1. The zero-order valence-electron chi connectivity index (χ0n) is 17.2. The number of carbonyl (C=O) groups excluding carboxylic acids is 1. The van der Waals surface area contributed by atoms with Gasteiger partial charge in [-0.3, -0.25) is 14.5 Å². The van der Waals surface area contributed by atoms with Crippen LogP contribution in [0.2, 0.25) is 0 Å². The maximum atomic E-state index is 13.1. The van der Waals surface area contributed by atoms with Gasteiger partial charge in [-0.15, -0.1) is 0 Å². The summed E-state index contributed by atoms with van der Waals surface area (Å²) in [6.45, 7) is 1.91. The number of hydrogen-bond acceptors (Lipinski definition) is 5. The molecule has 8 heteroatoms. The Labute approximate surface area is 184 Å². The highest BCUT2D eigenvalue weighted by molar-refractivity contribution is 7.99. The van der Waals surface area contributed by atoms with Crippen molar-refractivity contribution in [3.8, 4) is 0 Å². The second-order valence-electron chi connectivity index (χ2n) is 7.46. The van der Waals surface area contributed by atoms with E-state index < -0.39 is 0 Å². The van der Waals surface area contributed by atoms with Gasteiger partial charge in [0, 0.05) is 38.8 Å². The van der Waals surface area contributed by atoms with Crippen LogP contribution >= 0.6 is 11.8 Å². The fraction of sp³-hybridized carbons (Fsp3) is 0.261. The minimum absolute atomic E-state index is 0.0676. The Morgan fingerprint density at radius 1 is 1.19 bits per heavy atom. The first-order chi connectivity index (χ1) is 15.0. The van der Waals surface area contributed by atoms with Gasteiger partial charge in [0.2, 0.25) is 5.91 Å². The van der Waals surface area contributed by atoms with Gasteiger partial charge in [0.15, 0.2) is 5.16 Å². The molecule has 0 bridgehead atoms. The molecule has 1 aliphatic rings. The van der Waals surface area contributed by atoms with E-state index in [-0.39, 0.29) is 23.0 Å². The van der Waals surface area contributed by atoms with Gasteiger partial charge in [-0.2, -0.15) is 0 Å². The molecule has 0 unspecified atom stereocenters. The lowest BCUT2D eigenvalue weighted by atomic mass is 10.1. The number of thioether (sulfide) groups is 1. The molecule has 0 saturated heterocycles. The van der Waals surface area contributed by atoms with Crippen molar-refractivity contribution in [1.29, 1.82) is 0 Å². The molecule has 6 nitrogen and oxygen atoms in total. The monoisotopic (exact) mass is 438 g/mol. The van der Waals surface area contributed by atoms with Gasteiger partial charge in [-0.1, -0.05) is 42.1 Å². The van der Waals surface area contributed by atoms with Crippen LogP contribution in [-0.4, -0.2) is 40.1 Å². The molecule has 1 aliphatic heterocycles. The zero-order chi connectivity index (χ0) is 21.8. The Hall–Kier alpha value is -2.97. The second-order valence-corrected chi connectivity index (χ2v) is 8.42. The van der Waals surface area contributed by atoms with Crippen molar-refractivity contribution >= 4 is 23.4 Å². The largest absolute Gasteiger partial charge is 0.315 e. The Balaban J connectivity index is 1.39. The third kappa shape index (κ3) is 5.21. The molecule has 1 amide bonds.